The fourth-order valence-electron chi connectivity index (χ4n) is 2.47. The molecule has 3 rings (SSSR count). The van der Waals surface area contributed by atoms with Crippen molar-refractivity contribution in [2.45, 2.75) is 26.3 Å². The van der Waals surface area contributed by atoms with Gasteiger partial charge in [-0.3, -0.25) is 9.78 Å². The average Bonchev–Trinajstić information content (AvgIpc) is 2.47. The van der Waals surface area contributed by atoms with Gasteiger partial charge in [0.1, 0.15) is 0 Å². The summed E-state index contributed by atoms with van der Waals surface area (Å²) in [5, 5.41) is 6.21. The molecule has 1 aliphatic heterocycles. The fraction of sp³-hybridized carbons (Fsp3) is 0.250. The first-order valence-electron chi connectivity index (χ1n) is 6.99. The molecule has 0 bridgehead atoms. The number of rotatable bonds is 3. The number of aromatic nitrogens is 1. The van der Waals surface area contributed by atoms with E-state index in [9.17, 15) is 4.79 Å². The fourth-order valence-corrected chi connectivity index (χ4v) is 2.47. The molecule has 5 heteroatoms. The number of nitrogen functional groups attached to an aromatic ring is 1. The van der Waals surface area contributed by atoms with Crippen molar-refractivity contribution in [2.24, 2.45) is 0 Å². The van der Waals surface area contributed by atoms with Gasteiger partial charge >= 0.3 is 0 Å². The van der Waals surface area contributed by atoms with E-state index in [0.29, 0.717) is 18.7 Å². The number of carbonyl (C=O) groups is 1. The summed E-state index contributed by atoms with van der Waals surface area (Å²) in [6.45, 7) is 2.70. The van der Waals surface area contributed by atoms with E-state index in [-0.39, 0.29) is 5.91 Å². The molecule has 4 N–H and O–H groups in total. The van der Waals surface area contributed by atoms with Crippen LogP contribution < -0.4 is 16.4 Å². The summed E-state index contributed by atoms with van der Waals surface area (Å²) in [7, 11) is 0. The molecule has 1 amide bonds. The van der Waals surface area contributed by atoms with Gasteiger partial charge in [0.2, 0.25) is 5.91 Å². The second-order valence-corrected chi connectivity index (χ2v) is 5.30. The van der Waals surface area contributed by atoms with Gasteiger partial charge < -0.3 is 16.4 Å². The van der Waals surface area contributed by atoms with Gasteiger partial charge in [0, 0.05) is 31.0 Å². The van der Waals surface area contributed by atoms with Crippen LogP contribution in [-0.2, 0) is 17.8 Å². The lowest BCUT2D eigenvalue weighted by atomic mass is 10.0. The number of amides is 1. The van der Waals surface area contributed by atoms with Crippen LogP contribution in [-0.4, -0.2) is 10.9 Å². The minimum absolute atomic E-state index is 0.0568. The third kappa shape index (κ3) is 2.81. The topological polar surface area (TPSA) is 80.0 Å². The number of fused-ring (bicyclic) bond motifs is 1. The van der Waals surface area contributed by atoms with Gasteiger partial charge in [0.15, 0.2) is 0 Å². The van der Waals surface area contributed by atoms with E-state index in [1.165, 1.54) is 5.56 Å². The second-order valence-electron chi connectivity index (χ2n) is 5.30. The molecule has 1 aliphatic rings. The molecular formula is C16H18N4O. The largest absolute Gasteiger partial charge is 0.397 e. The highest BCUT2D eigenvalue weighted by Crippen LogP contribution is 2.31. The number of anilines is 3. The van der Waals surface area contributed by atoms with E-state index in [2.05, 4.69) is 22.5 Å². The third-order valence-electron chi connectivity index (χ3n) is 3.79. The Labute approximate surface area is 123 Å². The Kier molecular flexibility index (Phi) is 3.48. The molecule has 0 unspecified atom stereocenters. The van der Waals surface area contributed by atoms with Crippen molar-refractivity contribution in [1.29, 1.82) is 0 Å². The van der Waals surface area contributed by atoms with Gasteiger partial charge in [0.05, 0.1) is 11.4 Å². The molecule has 108 valence electrons. The monoisotopic (exact) mass is 282 g/mol. The summed E-state index contributed by atoms with van der Waals surface area (Å²) < 4.78 is 0. The Morgan fingerprint density at radius 2 is 2.24 bits per heavy atom. The van der Waals surface area contributed by atoms with Crippen molar-refractivity contribution in [3.63, 3.8) is 0 Å². The first-order chi connectivity index (χ1) is 10.1. The predicted molar refractivity (Wildman–Crippen MR) is 84.1 cm³/mol. The van der Waals surface area contributed by atoms with Gasteiger partial charge in [-0.25, -0.2) is 0 Å². The van der Waals surface area contributed by atoms with E-state index < -0.39 is 0 Å². The quantitative estimate of drug-likeness (QED) is 0.755. The van der Waals surface area contributed by atoms with E-state index in [1.807, 2.05) is 24.4 Å². The highest BCUT2D eigenvalue weighted by Gasteiger charge is 2.16. The number of benzene rings is 1. The number of nitrogens with one attached hydrogen (secondary N) is 2. The number of pyridine rings is 1. The number of hydrogen-bond acceptors (Lipinski definition) is 4. The first-order valence-corrected chi connectivity index (χ1v) is 6.99. The Morgan fingerprint density at radius 3 is 3.05 bits per heavy atom. The molecule has 1 aromatic carbocycles. The Balaban J connectivity index is 1.81. The van der Waals surface area contributed by atoms with Crippen LogP contribution in [0.15, 0.2) is 30.6 Å². The molecule has 0 fully saturated rings. The smallest absolute Gasteiger partial charge is 0.224 e. The molecule has 21 heavy (non-hydrogen) atoms. The van der Waals surface area contributed by atoms with Gasteiger partial charge in [-0.1, -0.05) is 0 Å². The van der Waals surface area contributed by atoms with Crippen molar-refractivity contribution in [3.05, 3.63) is 47.3 Å². The van der Waals surface area contributed by atoms with Gasteiger partial charge in [-0.15, -0.1) is 0 Å². The SMILES string of the molecule is Cc1ccncc1CNc1cc2c(cc1N)CCC(=O)N2. The highest BCUT2D eigenvalue weighted by atomic mass is 16.1. The molecule has 2 heterocycles. The summed E-state index contributed by atoms with van der Waals surface area (Å²) >= 11 is 0. The van der Waals surface area contributed by atoms with Crippen LogP contribution in [0.2, 0.25) is 0 Å². The maximum atomic E-state index is 11.5. The summed E-state index contributed by atoms with van der Waals surface area (Å²) in [6.07, 6.45) is 4.89. The van der Waals surface area contributed by atoms with Crippen LogP contribution >= 0.6 is 0 Å². The normalized spacial score (nSPS) is 13.5. The first kappa shape index (κ1) is 13.4. The zero-order valence-corrected chi connectivity index (χ0v) is 11.9. The highest BCUT2D eigenvalue weighted by molar-refractivity contribution is 5.95. The van der Waals surface area contributed by atoms with Crippen molar-refractivity contribution < 1.29 is 4.79 Å². The predicted octanol–water partition coefficient (Wildman–Crippen LogP) is 2.47. The summed E-state index contributed by atoms with van der Waals surface area (Å²) in [4.78, 5) is 15.6. The maximum Gasteiger partial charge on any atom is 0.224 e. The average molecular weight is 282 g/mol. The number of carbonyl (C=O) groups excluding carboxylic acids is 1. The zero-order chi connectivity index (χ0) is 14.8. The van der Waals surface area contributed by atoms with Crippen LogP contribution in [0.3, 0.4) is 0 Å². The van der Waals surface area contributed by atoms with Crippen molar-refractivity contribution in [2.75, 3.05) is 16.4 Å². The number of nitrogens with two attached hydrogens (primary N) is 1. The zero-order valence-electron chi connectivity index (χ0n) is 11.9. The van der Waals surface area contributed by atoms with E-state index in [4.69, 9.17) is 5.73 Å². The van der Waals surface area contributed by atoms with Gasteiger partial charge in [0.25, 0.3) is 0 Å². The van der Waals surface area contributed by atoms with Crippen LogP contribution in [0.1, 0.15) is 23.1 Å². The lowest BCUT2D eigenvalue weighted by Crippen LogP contribution is -2.19. The Morgan fingerprint density at radius 1 is 1.38 bits per heavy atom. The number of aryl methyl sites for hydroxylation is 2. The second kappa shape index (κ2) is 5.44. The summed E-state index contributed by atoms with van der Waals surface area (Å²) in [5.41, 5.74) is 11.9. The molecule has 0 spiro atoms. The Hall–Kier alpha value is -2.56. The minimum atomic E-state index is 0.0568. The number of nitrogens with zero attached hydrogens (tertiary/aromatic N) is 1. The minimum Gasteiger partial charge on any atom is -0.397 e. The molecule has 1 aromatic heterocycles. The van der Waals surface area contributed by atoms with Crippen molar-refractivity contribution in [1.82, 2.24) is 4.98 Å². The standard InChI is InChI=1S/C16H18N4O/c1-10-4-5-18-8-12(10)9-19-15-7-14-11(6-13(15)17)2-3-16(21)20-14/h4-8,19H,2-3,9,17H2,1H3,(H,20,21). The molecule has 0 saturated heterocycles. The third-order valence-corrected chi connectivity index (χ3v) is 3.79. The lowest BCUT2D eigenvalue weighted by molar-refractivity contribution is -0.116. The maximum absolute atomic E-state index is 11.5. The van der Waals surface area contributed by atoms with Crippen LogP contribution in [0, 0.1) is 6.92 Å². The van der Waals surface area contributed by atoms with E-state index in [1.54, 1.807) is 6.20 Å². The van der Waals surface area contributed by atoms with E-state index in [0.717, 1.165) is 28.9 Å². The molecular weight excluding hydrogens is 264 g/mol. The summed E-state index contributed by atoms with van der Waals surface area (Å²) in [6, 6.07) is 5.83. The summed E-state index contributed by atoms with van der Waals surface area (Å²) in [5.74, 6) is 0.0568. The lowest BCUT2D eigenvalue weighted by Gasteiger charge is -2.20. The molecule has 0 aliphatic carbocycles. The van der Waals surface area contributed by atoms with Crippen LogP contribution in [0.25, 0.3) is 0 Å². The molecule has 0 radical (unpaired) electrons. The van der Waals surface area contributed by atoms with E-state index >= 15 is 0 Å². The molecule has 0 saturated carbocycles. The van der Waals surface area contributed by atoms with Gasteiger partial charge in [-0.2, -0.15) is 0 Å². The molecule has 5 nitrogen and oxygen atoms in total. The van der Waals surface area contributed by atoms with Crippen molar-refractivity contribution >= 4 is 23.0 Å². The van der Waals surface area contributed by atoms with Gasteiger partial charge in [-0.05, 0) is 48.2 Å². The van der Waals surface area contributed by atoms with Crippen molar-refractivity contribution in [3.8, 4) is 0 Å². The van der Waals surface area contributed by atoms with Crippen LogP contribution in [0.4, 0.5) is 17.1 Å². The number of hydrogen-bond donors (Lipinski definition) is 3. The Bertz CT molecular complexity index is 697. The molecule has 0 atom stereocenters. The van der Waals surface area contributed by atoms with Crippen LogP contribution in [0.5, 0.6) is 0 Å². The molecule has 2 aromatic rings.